The van der Waals surface area contributed by atoms with Crippen LogP contribution in [0.25, 0.3) is 17.0 Å². The molecule has 5 nitrogen and oxygen atoms in total. The number of benzene rings is 2. The van der Waals surface area contributed by atoms with Gasteiger partial charge >= 0.3 is 5.97 Å². The summed E-state index contributed by atoms with van der Waals surface area (Å²) in [4.78, 5) is 16.6. The number of aromatic amines is 1. The molecule has 0 atom stereocenters. The van der Waals surface area contributed by atoms with Crippen molar-refractivity contribution in [2.75, 3.05) is 19.7 Å². The third-order valence-electron chi connectivity index (χ3n) is 6.85. The van der Waals surface area contributed by atoms with Gasteiger partial charge in [0.1, 0.15) is 0 Å². The number of carbonyl (C=O) groups is 1. The van der Waals surface area contributed by atoms with Crippen molar-refractivity contribution in [3.05, 3.63) is 77.5 Å². The summed E-state index contributed by atoms with van der Waals surface area (Å²) in [5, 5.41) is 10.3. The third-order valence-corrected chi connectivity index (χ3v) is 11.4. The van der Waals surface area contributed by atoms with Crippen LogP contribution in [0.2, 0.25) is 18.1 Å². The van der Waals surface area contributed by atoms with Crippen molar-refractivity contribution in [2.24, 2.45) is 0 Å². The summed E-state index contributed by atoms with van der Waals surface area (Å²) < 4.78 is 6.47. The Hall–Kier alpha value is -2.67. The molecule has 0 aliphatic rings. The van der Waals surface area contributed by atoms with Gasteiger partial charge in [0.2, 0.25) is 0 Å². The molecule has 0 spiro atoms. The second kappa shape index (κ2) is 11.2. The third kappa shape index (κ3) is 7.16. The molecule has 6 heteroatoms. The van der Waals surface area contributed by atoms with Crippen molar-refractivity contribution in [2.45, 2.75) is 51.9 Å². The van der Waals surface area contributed by atoms with Crippen molar-refractivity contribution in [1.82, 2.24) is 9.88 Å². The maximum Gasteiger partial charge on any atom is 0.328 e. The smallest absolute Gasteiger partial charge is 0.328 e. The van der Waals surface area contributed by atoms with Gasteiger partial charge in [0.25, 0.3) is 0 Å². The highest BCUT2D eigenvalue weighted by Crippen LogP contribution is 2.36. The fourth-order valence-corrected chi connectivity index (χ4v) is 4.73. The minimum atomic E-state index is -1.79. The Morgan fingerprint density at radius 1 is 1.09 bits per heavy atom. The molecule has 3 rings (SSSR count). The zero-order chi connectivity index (χ0) is 24.8. The van der Waals surface area contributed by atoms with Crippen LogP contribution in [-0.2, 0) is 22.2 Å². The Labute approximate surface area is 204 Å². The number of aliphatic carboxylic acids is 1. The molecule has 0 saturated heterocycles. The fourth-order valence-electron chi connectivity index (χ4n) is 3.69. The highest BCUT2D eigenvalue weighted by Gasteiger charge is 2.36. The maximum atomic E-state index is 10.8. The molecule has 182 valence electrons. The molecule has 0 amide bonds. The summed E-state index contributed by atoms with van der Waals surface area (Å²) in [5.41, 5.74) is 4.60. The van der Waals surface area contributed by atoms with E-state index in [1.807, 2.05) is 12.1 Å². The van der Waals surface area contributed by atoms with E-state index in [-0.39, 0.29) is 5.04 Å². The molecule has 1 aromatic heterocycles. The molecular formula is C28H38N2O3Si. The number of fused-ring (bicyclic) bond motifs is 1. The first-order chi connectivity index (χ1) is 16.0. The monoisotopic (exact) mass is 478 g/mol. The van der Waals surface area contributed by atoms with E-state index in [0.29, 0.717) is 0 Å². The molecule has 0 fully saturated rings. The lowest BCUT2D eigenvalue weighted by Crippen LogP contribution is -2.43. The number of aromatic nitrogens is 1. The van der Waals surface area contributed by atoms with E-state index in [2.05, 4.69) is 86.3 Å². The lowest BCUT2D eigenvalue weighted by Gasteiger charge is -2.37. The molecule has 0 aliphatic heterocycles. The first-order valence-corrected chi connectivity index (χ1v) is 14.9. The molecule has 0 unspecified atom stereocenters. The van der Waals surface area contributed by atoms with Gasteiger partial charge in [-0.25, -0.2) is 4.79 Å². The fraction of sp³-hybridized carbons (Fsp3) is 0.393. The van der Waals surface area contributed by atoms with Gasteiger partial charge in [-0.1, -0.05) is 63.2 Å². The summed E-state index contributed by atoms with van der Waals surface area (Å²) in [5.74, 6) is -0.936. The number of carboxylic acid groups (broad SMARTS) is 1. The number of H-pyrrole nitrogens is 1. The minimum Gasteiger partial charge on any atom is -0.478 e. The topological polar surface area (TPSA) is 65.6 Å². The molecule has 2 N–H and O–H groups in total. The first kappa shape index (κ1) is 25.9. The Morgan fingerprint density at radius 3 is 2.47 bits per heavy atom. The van der Waals surface area contributed by atoms with E-state index >= 15 is 0 Å². The average molecular weight is 479 g/mol. The van der Waals surface area contributed by atoms with E-state index in [1.165, 1.54) is 28.1 Å². The second-order valence-electron chi connectivity index (χ2n) is 10.4. The maximum absolute atomic E-state index is 10.8. The summed E-state index contributed by atoms with van der Waals surface area (Å²) >= 11 is 0. The van der Waals surface area contributed by atoms with Gasteiger partial charge in [0.05, 0.1) is 0 Å². The summed E-state index contributed by atoms with van der Waals surface area (Å²) in [6, 6.07) is 16.5. The van der Waals surface area contributed by atoms with E-state index in [9.17, 15) is 4.79 Å². The van der Waals surface area contributed by atoms with Crippen LogP contribution in [0.15, 0.2) is 60.8 Å². The van der Waals surface area contributed by atoms with Crippen molar-refractivity contribution in [1.29, 1.82) is 0 Å². The largest absolute Gasteiger partial charge is 0.478 e. The highest BCUT2D eigenvalue weighted by atomic mass is 28.4. The summed E-state index contributed by atoms with van der Waals surface area (Å²) in [7, 11) is -1.79. The van der Waals surface area contributed by atoms with Gasteiger partial charge < -0.3 is 14.5 Å². The zero-order valence-electron chi connectivity index (χ0n) is 21.1. The van der Waals surface area contributed by atoms with Gasteiger partial charge in [0.15, 0.2) is 8.32 Å². The van der Waals surface area contributed by atoms with Crippen LogP contribution in [-0.4, -0.2) is 49.0 Å². The SMILES string of the molecule is CC(C)(C)[Si](C)(C)OCCN(CCc1c[nH]c2ccccc12)Cc1ccc(C=CC(=O)O)cc1. The number of rotatable bonds is 11. The lowest BCUT2D eigenvalue weighted by molar-refractivity contribution is -0.131. The van der Waals surface area contributed by atoms with Gasteiger partial charge in [-0.2, -0.15) is 0 Å². The van der Waals surface area contributed by atoms with Crippen LogP contribution in [0, 0.1) is 0 Å². The zero-order valence-corrected chi connectivity index (χ0v) is 22.1. The van der Waals surface area contributed by atoms with Crippen LogP contribution in [0.1, 0.15) is 37.5 Å². The Morgan fingerprint density at radius 2 is 1.79 bits per heavy atom. The van der Waals surface area contributed by atoms with E-state index in [0.717, 1.165) is 38.2 Å². The number of nitrogens with zero attached hydrogens (tertiary/aromatic N) is 1. The standard InChI is InChI=1S/C28H38N2O3Si/c1-28(2,3)34(4,5)33-19-18-30(17-16-24-20-29-26-9-7-6-8-25(24)26)21-23-12-10-22(11-13-23)14-15-27(31)32/h6-15,20,29H,16-19,21H2,1-5H3,(H,31,32). The summed E-state index contributed by atoms with van der Waals surface area (Å²) in [6.45, 7) is 14.8. The van der Waals surface area contributed by atoms with Crippen LogP contribution < -0.4 is 0 Å². The van der Waals surface area contributed by atoms with E-state index in [1.54, 1.807) is 6.08 Å². The van der Waals surface area contributed by atoms with Crippen LogP contribution in [0.4, 0.5) is 0 Å². The molecule has 1 heterocycles. The van der Waals surface area contributed by atoms with Crippen LogP contribution >= 0.6 is 0 Å². The summed E-state index contributed by atoms with van der Waals surface area (Å²) in [6.07, 6.45) is 5.87. The number of hydrogen-bond acceptors (Lipinski definition) is 3. The van der Waals surface area contributed by atoms with Crippen LogP contribution in [0.5, 0.6) is 0 Å². The molecule has 0 bridgehead atoms. The van der Waals surface area contributed by atoms with E-state index in [4.69, 9.17) is 9.53 Å². The molecule has 0 saturated carbocycles. The Balaban J connectivity index is 1.68. The number of nitrogens with one attached hydrogen (secondary N) is 1. The normalized spacial score (nSPS) is 12.8. The second-order valence-corrected chi connectivity index (χ2v) is 15.2. The number of para-hydroxylation sites is 1. The van der Waals surface area contributed by atoms with Crippen molar-refractivity contribution in [3.63, 3.8) is 0 Å². The number of carboxylic acids is 1. The lowest BCUT2D eigenvalue weighted by atomic mass is 10.1. The van der Waals surface area contributed by atoms with E-state index < -0.39 is 14.3 Å². The first-order valence-electron chi connectivity index (χ1n) is 12.0. The van der Waals surface area contributed by atoms with Gasteiger partial charge in [0, 0.05) is 49.4 Å². The average Bonchev–Trinajstić information content (AvgIpc) is 3.19. The molecule has 34 heavy (non-hydrogen) atoms. The quantitative estimate of drug-likeness (QED) is 0.250. The van der Waals surface area contributed by atoms with Gasteiger partial charge in [-0.15, -0.1) is 0 Å². The van der Waals surface area contributed by atoms with Crippen molar-refractivity contribution >= 4 is 31.3 Å². The molecule has 3 aromatic rings. The predicted molar refractivity (Wildman–Crippen MR) is 144 cm³/mol. The highest BCUT2D eigenvalue weighted by molar-refractivity contribution is 6.74. The Kier molecular flexibility index (Phi) is 8.52. The molecule has 0 aliphatic carbocycles. The molecule has 0 radical (unpaired) electrons. The minimum absolute atomic E-state index is 0.196. The number of hydrogen-bond donors (Lipinski definition) is 2. The predicted octanol–water partition coefficient (Wildman–Crippen LogP) is 6.33. The van der Waals surface area contributed by atoms with Gasteiger partial charge in [-0.05, 0) is 53.4 Å². The van der Waals surface area contributed by atoms with Crippen molar-refractivity contribution < 1.29 is 14.3 Å². The Bertz CT molecular complexity index is 1110. The van der Waals surface area contributed by atoms with Crippen LogP contribution in [0.3, 0.4) is 0 Å². The van der Waals surface area contributed by atoms with Gasteiger partial charge in [-0.3, -0.25) is 4.90 Å². The molecular weight excluding hydrogens is 440 g/mol. The van der Waals surface area contributed by atoms with Crippen molar-refractivity contribution in [3.8, 4) is 0 Å². The molecule has 2 aromatic carbocycles.